The van der Waals surface area contributed by atoms with Crippen molar-refractivity contribution >= 4 is 22.8 Å². The summed E-state index contributed by atoms with van der Waals surface area (Å²) in [5.41, 5.74) is 6.68. The van der Waals surface area contributed by atoms with E-state index in [4.69, 9.17) is 14.9 Å². The first kappa shape index (κ1) is 18.5. The second-order valence-corrected chi connectivity index (χ2v) is 6.07. The Balaban J connectivity index is 1.85. The second kappa shape index (κ2) is 7.50. The van der Waals surface area contributed by atoms with Crippen LogP contribution in [0.3, 0.4) is 0 Å². The minimum atomic E-state index is -1.18. The molecule has 0 bridgehead atoms. The Bertz CT molecular complexity index is 991. The molecular weight excluding hydrogens is 352 g/mol. The number of nitrogens with one attached hydrogen (secondary N) is 1. The highest BCUT2D eigenvalue weighted by atomic mass is 16.5. The standard InChI is InChI=1S/C18H20N4O5/c1-10-16(18(25)20-14(8-23)17(19)24)13-7-12(3-4-15(13)27-10)26-9-11-5-6-22(2)21-11/h3-7,14,23H,8-9H2,1-2H3,(H2,19,24)(H,20,25)/t14-/m0/s1. The predicted octanol–water partition coefficient (Wildman–Crippen LogP) is 0.630. The summed E-state index contributed by atoms with van der Waals surface area (Å²) in [5, 5.41) is 16.4. The Morgan fingerprint density at radius 2 is 2.19 bits per heavy atom. The van der Waals surface area contributed by atoms with Crippen molar-refractivity contribution in [3.8, 4) is 5.75 Å². The third kappa shape index (κ3) is 3.93. The molecule has 4 N–H and O–H groups in total. The molecule has 9 nitrogen and oxygen atoms in total. The van der Waals surface area contributed by atoms with Crippen LogP contribution in [-0.2, 0) is 18.4 Å². The van der Waals surface area contributed by atoms with Crippen molar-refractivity contribution in [3.63, 3.8) is 0 Å². The number of hydrogen-bond donors (Lipinski definition) is 3. The number of aliphatic hydroxyl groups excluding tert-OH is 1. The van der Waals surface area contributed by atoms with E-state index in [2.05, 4.69) is 10.4 Å². The second-order valence-electron chi connectivity index (χ2n) is 6.07. The molecule has 142 valence electrons. The molecule has 0 saturated heterocycles. The lowest BCUT2D eigenvalue weighted by Crippen LogP contribution is -2.46. The van der Waals surface area contributed by atoms with Crippen LogP contribution < -0.4 is 15.8 Å². The van der Waals surface area contributed by atoms with E-state index in [1.54, 1.807) is 29.8 Å². The molecule has 0 saturated carbocycles. The lowest BCUT2D eigenvalue weighted by atomic mass is 10.1. The lowest BCUT2D eigenvalue weighted by molar-refractivity contribution is -0.120. The van der Waals surface area contributed by atoms with Crippen molar-refractivity contribution in [3.05, 3.63) is 47.5 Å². The Labute approximate surface area is 154 Å². The first-order valence-electron chi connectivity index (χ1n) is 8.24. The number of nitrogens with two attached hydrogens (primary N) is 1. The average Bonchev–Trinajstić information content (AvgIpc) is 3.19. The van der Waals surface area contributed by atoms with E-state index >= 15 is 0 Å². The van der Waals surface area contributed by atoms with Gasteiger partial charge in [0.25, 0.3) is 5.91 Å². The van der Waals surface area contributed by atoms with Crippen LogP contribution >= 0.6 is 0 Å². The summed E-state index contributed by atoms with van der Waals surface area (Å²) in [4.78, 5) is 23.8. The van der Waals surface area contributed by atoms with E-state index in [-0.39, 0.29) is 12.2 Å². The molecular formula is C18H20N4O5. The molecule has 27 heavy (non-hydrogen) atoms. The molecule has 1 aromatic carbocycles. The maximum absolute atomic E-state index is 12.6. The van der Waals surface area contributed by atoms with Crippen LogP contribution in [0.25, 0.3) is 11.0 Å². The molecule has 0 fully saturated rings. The maximum atomic E-state index is 12.6. The summed E-state index contributed by atoms with van der Waals surface area (Å²) in [5.74, 6) is -0.469. The van der Waals surface area contributed by atoms with Crippen LogP contribution in [0.5, 0.6) is 5.75 Å². The monoisotopic (exact) mass is 372 g/mol. The van der Waals surface area contributed by atoms with Gasteiger partial charge in [0.1, 0.15) is 29.7 Å². The van der Waals surface area contributed by atoms with Gasteiger partial charge >= 0.3 is 0 Å². The van der Waals surface area contributed by atoms with E-state index in [1.807, 2.05) is 19.3 Å². The highest BCUT2D eigenvalue weighted by Crippen LogP contribution is 2.29. The van der Waals surface area contributed by atoms with Gasteiger partial charge in [-0.05, 0) is 31.2 Å². The van der Waals surface area contributed by atoms with E-state index in [0.29, 0.717) is 22.5 Å². The summed E-state index contributed by atoms with van der Waals surface area (Å²) in [6.07, 6.45) is 1.82. The van der Waals surface area contributed by atoms with Crippen LogP contribution in [0.4, 0.5) is 0 Å². The van der Waals surface area contributed by atoms with Crippen LogP contribution in [0.2, 0.25) is 0 Å². The molecule has 3 aromatic rings. The number of nitrogens with zero attached hydrogens (tertiary/aromatic N) is 2. The molecule has 0 spiro atoms. The number of aromatic nitrogens is 2. The number of primary amides is 1. The molecule has 1 atom stereocenters. The first-order chi connectivity index (χ1) is 12.9. The molecule has 0 aliphatic rings. The lowest BCUT2D eigenvalue weighted by Gasteiger charge is -2.12. The molecule has 9 heteroatoms. The van der Waals surface area contributed by atoms with Crippen molar-refractivity contribution in [1.82, 2.24) is 15.1 Å². The zero-order valence-electron chi connectivity index (χ0n) is 14.9. The van der Waals surface area contributed by atoms with Gasteiger partial charge < -0.3 is 25.3 Å². The Morgan fingerprint density at radius 3 is 2.81 bits per heavy atom. The van der Waals surface area contributed by atoms with Crippen molar-refractivity contribution in [2.45, 2.75) is 19.6 Å². The fourth-order valence-electron chi connectivity index (χ4n) is 2.71. The molecule has 0 aliphatic carbocycles. The minimum Gasteiger partial charge on any atom is -0.487 e. The minimum absolute atomic E-state index is 0.257. The van der Waals surface area contributed by atoms with Crippen LogP contribution in [0, 0.1) is 6.92 Å². The topological polar surface area (TPSA) is 133 Å². The van der Waals surface area contributed by atoms with Gasteiger partial charge in [-0.2, -0.15) is 5.10 Å². The van der Waals surface area contributed by atoms with E-state index in [9.17, 15) is 14.7 Å². The SMILES string of the molecule is Cc1oc2ccc(OCc3ccn(C)n3)cc2c1C(=O)N[C@@H](CO)C(N)=O. The number of ether oxygens (including phenoxy) is 1. The predicted molar refractivity (Wildman–Crippen MR) is 96.0 cm³/mol. The number of amides is 2. The Kier molecular flexibility index (Phi) is 5.13. The molecule has 0 unspecified atom stereocenters. The van der Waals surface area contributed by atoms with Gasteiger partial charge in [0.2, 0.25) is 5.91 Å². The number of carbonyl (C=O) groups is 2. The van der Waals surface area contributed by atoms with Gasteiger partial charge in [-0.25, -0.2) is 0 Å². The number of furan rings is 1. The summed E-state index contributed by atoms with van der Waals surface area (Å²) >= 11 is 0. The van der Waals surface area contributed by atoms with E-state index in [0.717, 1.165) is 5.69 Å². The summed E-state index contributed by atoms with van der Waals surface area (Å²) in [6.45, 7) is 1.33. The van der Waals surface area contributed by atoms with E-state index < -0.39 is 24.5 Å². The smallest absolute Gasteiger partial charge is 0.256 e. The summed E-state index contributed by atoms with van der Waals surface area (Å²) < 4.78 is 13.0. The number of carbonyl (C=O) groups excluding carboxylic acids is 2. The van der Waals surface area contributed by atoms with Crippen molar-refractivity contribution < 1.29 is 23.8 Å². The Morgan fingerprint density at radius 1 is 1.41 bits per heavy atom. The van der Waals surface area contributed by atoms with Gasteiger partial charge in [0, 0.05) is 18.6 Å². The number of rotatable bonds is 7. The highest BCUT2D eigenvalue weighted by Gasteiger charge is 2.23. The molecule has 2 aromatic heterocycles. The molecule has 2 heterocycles. The third-order valence-electron chi connectivity index (χ3n) is 4.05. The van der Waals surface area contributed by atoms with Gasteiger partial charge in [-0.3, -0.25) is 14.3 Å². The fourth-order valence-corrected chi connectivity index (χ4v) is 2.71. The summed E-state index contributed by atoms with van der Waals surface area (Å²) in [6, 6.07) is 5.78. The van der Waals surface area contributed by atoms with Crippen LogP contribution in [0.15, 0.2) is 34.9 Å². The molecule has 0 aliphatic heterocycles. The van der Waals surface area contributed by atoms with Crippen molar-refractivity contribution in [2.75, 3.05) is 6.61 Å². The maximum Gasteiger partial charge on any atom is 0.256 e. The van der Waals surface area contributed by atoms with Crippen molar-refractivity contribution in [1.29, 1.82) is 0 Å². The number of hydrogen-bond acceptors (Lipinski definition) is 6. The number of benzene rings is 1. The first-order valence-corrected chi connectivity index (χ1v) is 8.24. The third-order valence-corrected chi connectivity index (χ3v) is 4.05. The summed E-state index contributed by atoms with van der Waals surface area (Å²) in [7, 11) is 1.82. The molecule has 0 radical (unpaired) electrons. The normalized spacial score (nSPS) is 12.1. The fraction of sp³-hybridized carbons (Fsp3) is 0.278. The van der Waals surface area contributed by atoms with Gasteiger partial charge in [0.15, 0.2) is 0 Å². The van der Waals surface area contributed by atoms with Crippen LogP contribution in [-0.4, -0.2) is 39.4 Å². The highest BCUT2D eigenvalue weighted by molar-refractivity contribution is 6.08. The van der Waals surface area contributed by atoms with Gasteiger partial charge in [-0.1, -0.05) is 0 Å². The van der Waals surface area contributed by atoms with Crippen molar-refractivity contribution in [2.24, 2.45) is 12.8 Å². The number of fused-ring (bicyclic) bond motifs is 1. The number of aliphatic hydroxyl groups is 1. The molecule has 3 rings (SSSR count). The zero-order chi connectivity index (χ0) is 19.6. The average molecular weight is 372 g/mol. The van der Waals surface area contributed by atoms with Gasteiger partial charge in [-0.15, -0.1) is 0 Å². The van der Waals surface area contributed by atoms with E-state index in [1.165, 1.54) is 0 Å². The number of aryl methyl sites for hydroxylation is 2. The zero-order valence-corrected chi connectivity index (χ0v) is 14.9. The largest absolute Gasteiger partial charge is 0.487 e. The van der Waals surface area contributed by atoms with Crippen LogP contribution in [0.1, 0.15) is 21.8 Å². The Hall–Kier alpha value is -3.33. The van der Waals surface area contributed by atoms with Gasteiger partial charge in [0.05, 0.1) is 17.9 Å². The molecule has 2 amide bonds. The quantitative estimate of drug-likeness (QED) is 0.557.